The summed E-state index contributed by atoms with van der Waals surface area (Å²) in [5.41, 5.74) is 0. The molecule has 0 aliphatic heterocycles. The first-order valence-electron chi connectivity index (χ1n) is 7.44. The molecule has 116 valence electrons. The van der Waals surface area contributed by atoms with Gasteiger partial charge in [0.1, 0.15) is 0 Å². The molecule has 1 saturated carbocycles. The molecule has 2 N–H and O–H groups in total. The highest BCUT2D eigenvalue weighted by Crippen LogP contribution is 2.26. The van der Waals surface area contributed by atoms with Crippen LogP contribution in [0, 0.1) is 5.92 Å². The lowest BCUT2D eigenvalue weighted by molar-refractivity contribution is -0.120. The van der Waals surface area contributed by atoms with Gasteiger partial charge in [0.2, 0.25) is 5.91 Å². The van der Waals surface area contributed by atoms with Crippen LogP contribution in [-0.4, -0.2) is 28.9 Å². The predicted octanol–water partition coefficient (Wildman–Crippen LogP) is 3.49. The summed E-state index contributed by atoms with van der Waals surface area (Å²) >= 11 is 7.36. The van der Waals surface area contributed by atoms with Crippen molar-refractivity contribution >= 4 is 29.3 Å². The van der Waals surface area contributed by atoms with E-state index in [1.54, 1.807) is 0 Å². The standard InChI is InChI=1S/C16H22ClNO2S/c1-11(21-14-8-6-13(17)7-9-14)16(20)18-10-12-4-2-3-5-15(12)19/h6-9,11-12,15,19H,2-5,10H2,1H3,(H,18,20). The zero-order chi connectivity index (χ0) is 15.2. The number of rotatable bonds is 5. The number of amides is 1. The molecule has 1 aliphatic carbocycles. The van der Waals surface area contributed by atoms with Crippen LogP contribution in [0.15, 0.2) is 29.2 Å². The molecule has 0 aromatic heterocycles. The Hall–Kier alpha value is -0.710. The second-order valence-corrected chi connectivity index (χ2v) is 7.42. The van der Waals surface area contributed by atoms with Crippen LogP contribution in [-0.2, 0) is 4.79 Å². The number of hydrogen-bond donors (Lipinski definition) is 2. The molecule has 1 fully saturated rings. The molecule has 0 heterocycles. The van der Waals surface area contributed by atoms with Crippen LogP contribution in [0.25, 0.3) is 0 Å². The van der Waals surface area contributed by atoms with Gasteiger partial charge in [-0.1, -0.05) is 24.4 Å². The lowest BCUT2D eigenvalue weighted by atomic mass is 9.86. The minimum atomic E-state index is -0.265. The Morgan fingerprint density at radius 1 is 1.38 bits per heavy atom. The van der Waals surface area contributed by atoms with Crippen molar-refractivity contribution in [3.63, 3.8) is 0 Å². The fourth-order valence-corrected chi connectivity index (χ4v) is 3.59. The number of thioether (sulfide) groups is 1. The lowest BCUT2D eigenvalue weighted by Gasteiger charge is -2.28. The quantitative estimate of drug-likeness (QED) is 0.814. The highest BCUT2D eigenvalue weighted by Gasteiger charge is 2.24. The van der Waals surface area contributed by atoms with Crippen LogP contribution < -0.4 is 5.32 Å². The van der Waals surface area contributed by atoms with Crippen LogP contribution in [0.1, 0.15) is 32.6 Å². The molecule has 3 nitrogen and oxygen atoms in total. The van der Waals surface area contributed by atoms with Crippen LogP contribution in [0.3, 0.4) is 0 Å². The molecule has 0 saturated heterocycles. The Morgan fingerprint density at radius 3 is 2.71 bits per heavy atom. The van der Waals surface area contributed by atoms with Crippen molar-refractivity contribution in [3.05, 3.63) is 29.3 Å². The van der Waals surface area contributed by atoms with Crippen molar-refractivity contribution in [1.29, 1.82) is 0 Å². The van der Waals surface area contributed by atoms with Crippen molar-refractivity contribution in [2.75, 3.05) is 6.54 Å². The van der Waals surface area contributed by atoms with Gasteiger partial charge in [-0.3, -0.25) is 4.79 Å². The number of hydrogen-bond acceptors (Lipinski definition) is 3. The van der Waals surface area contributed by atoms with E-state index < -0.39 is 0 Å². The van der Waals surface area contributed by atoms with Crippen molar-refractivity contribution in [2.24, 2.45) is 5.92 Å². The predicted molar refractivity (Wildman–Crippen MR) is 87.7 cm³/mol. The van der Waals surface area contributed by atoms with Crippen LogP contribution in [0.2, 0.25) is 5.02 Å². The van der Waals surface area contributed by atoms with Crippen molar-refractivity contribution in [1.82, 2.24) is 5.32 Å². The van der Waals surface area contributed by atoms with Gasteiger partial charge in [0.15, 0.2) is 0 Å². The third-order valence-corrected chi connectivity index (χ3v) is 5.27. The summed E-state index contributed by atoms with van der Waals surface area (Å²) in [6, 6.07) is 7.49. The molecule has 21 heavy (non-hydrogen) atoms. The zero-order valence-corrected chi connectivity index (χ0v) is 13.8. The number of benzene rings is 1. The average Bonchev–Trinajstić information content (AvgIpc) is 2.48. The molecular weight excluding hydrogens is 306 g/mol. The van der Waals surface area contributed by atoms with Crippen LogP contribution in [0.4, 0.5) is 0 Å². The molecular formula is C16H22ClNO2S. The lowest BCUT2D eigenvalue weighted by Crippen LogP contribution is -2.39. The minimum absolute atomic E-state index is 0.0210. The van der Waals surface area contributed by atoms with Gasteiger partial charge in [0.25, 0.3) is 0 Å². The first kappa shape index (κ1) is 16.7. The fraction of sp³-hybridized carbons (Fsp3) is 0.562. The molecule has 1 aliphatic rings. The fourth-order valence-electron chi connectivity index (χ4n) is 2.57. The Kier molecular flexibility index (Phi) is 6.40. The molecule has 0 spiro atoms. The van der Waals surface area contributed by atoms with E-state index in [2.05, 4.69) is 5.32 Å². The number of carbonyl (C=O) groups is 1. The Bertz CT molecular complexity index is 466. The molecule has 2 rings (SSSR count). The van der Waals surface area contributed by atoms with Gasteiger partial charge >= 0.3 is 0 Å². The summed E-state index contributed by atoms with van der Waals surface area (Å²) < 4.78 is 0. The maximum absolute atomic E-state index is 12.1. The van der Waals surface area contributed by atoms with Crippen LogP contribution >= 0.6 is 23.4 Å². The molecule has 5 heteroatoms. The molecule has 0 bridgehead atoms. The highest BCUT2D eigenvalue weighted by atomic mass is 35.5. The largest absolute Gasteiger partial charge is 0.393 e. The topological polar surface area (TPSA) is 49.3 Å². The molecule has 1 aromatic rings. The number of nitrogens with one attached hydrogen (secondary N) is 1. The van der Waals surface area contributed by atoms with E-state index in [-0.39, 0.29) is 23.2 Å². The zero-order valence-electron chi connectivity index (χ0n) is 12.2. The summed E-state index contributed by atoms with van der Waals surface area (Å²) in [4.78, 5) is 13.2. The molecule has 3 unspecified atom stereocenters. The molecule has 0 radical (unpaired) electrons. The van der Waals surface area contributed by atoms with Crippen molar-refractivity contribution in [2.45, 2.75) is 48.9 Å². The number of halogens is 1. The number of aliphatic hydroxyl groups is 1. The Balaban J connectivity index is 1.78. The van der Waals surface area contributed by atoms with Crippen LogP contribution in [0.5, 0.6) is 0 Å². The van der Waals surface area contributed by atoms with E-state index in [0.717, 1.165) is 30.6 Å². The van der Waals surface area contributed by atoms with E-state index >= 15 is 0 Å². The molecule has 3 atom stereocenters. The Labute approximate surface area is 135 Å². The summed E-state index contributed by atoms with van der Waals surface area (Å²) in [6.45, 7) is 2.47. The van der Waals surface area contributed by atoms with E-state index in [1.807, 2.05) is 31.2 Å². The van der Waals surface area contributed by atoms with Gasteiger partial charge in [-0.2, -0.15) is 0 Å². The van der Waals surface area contributed by atoms with E-state index in [0.29, 0.717) is 11.6 Å². The number of aliphatic hydroxyl groups excluding tert-OH is 1. The van der Waals surface area contributed by atoms with E-state index in [9.17, 15) is 9.90 Å². The first-order chi connectivity index (χ1) is 10.1. The van der Waals surface area contributed by atoms with Gasteiger partial charge in [-0.15, -0.1) is 11.8 Å². The monoisotopic (exact) mass is 327 g/mol. The molecule has 1 amide bonds. The normalized spacial score (nSPS) is 23.6. The third kappa shape index (κ3) is 5.20. The number of carbonyl (C=O) groups excluding carboxylic acids is 1. The summed E-state index contributed by atoms with van der Waals surface area (Å²) in [5.74, 6) is 0.225. The van der Waals surface area contributed by atoms with Crippen molar-refractivity contribution < 1.29 is 9.90 Å². The summed E-state index contributed by atoms with van der Waals surface area (Å²) in [6.07, 6.45) is 3.83. The maximum Gasteiger partial charge on any atom is 0.233 e. The first-order valence-corrected chi connectivity index (χ1v) is 8.70. The second-order valence-electron chi connectivity index (χ2n) is 5.57. The van der Waals surface area contributed by atoms with Crippen molar-refractivity contribution in [3.8, 4) is 0 Å². The van der Waals surface area contributed by atoms with Gasteiger partial charge < -0.3 is 10.4 Å². The summed E-state index contributed by atoms with van der Waals surface area (Å²) in [7, 11) is 0. The van der Waals surface area contributed by atoms with Gasteiger partial charge in [0.05, 0.1) is 11.4 Å². The van der Waals surface area contributed by atoms with E-state index in [4.69, 9.17) is 11.6 Å². The van der Waals surface area contributed by atoms with Gasteiger partial charge in [0, 0.05) is 22.4 Å². The summed E-state index contributed by atoms with van der Waals surface area (Å²) in [5, 5.41) is 13.4. The average molecular weight is 328 g/mol. The smallest absolute Gasteiger partial charge is 0.233 e. The molecule has 1 aromatic carbocycles. The van der Waals surface area contributed by atoms with E-state index in [1.165, 1.54) is 11.8 Å². The minimum Gasteiger partial charge on any atom is -0.393 e. The van der Waals surface area contributed by atoms with Gasteiger partial charge in [-0.05, 0) is 44.0 Å². The highest BCUT2D eigenvalue weighted by molar-refractivity contribution is 8.00. The maximum atomic E-state index is 12.1. The third-order valence-electron chi connectivity index (χ3n) is 3.90. The Morgan fingerprint density at radius 2 is 2.05 bits per heavy atom. The van der Waals surface area contributed by atoms with Gasteiger partial charge in [-0.25, -0.2) is 0 Å². The second kappa shape index (κ2) is 8.06. The SMILES string of the molecule is CC(Sc1ccc(Cl)cc1)C(=O)NCC1CCCCC1O.